The molecule has 6 nitrogen and oxygen atoms in total. The second-order valence-electron chi connectivity index (χ2n) is 5.21. The van der Waals surface area contributed by atoms with Crippen LogP contribution < -0.4 is 0 Å². The van der Waals surface area contributed by atoms with Crippen LogP contribution in [0.1, 0.15) is 51.0 Å². The smallest absolute Gasteiger partial charge is 0.282 e. The summed E-state index contributed by atoms with van der Waals surface area (Å²) in [5.41, 5.74) is 0.202. The Bertz CT molecular complexity index is 692. The SMILES string of the molecule is CCCCCCCCc1cccc(S(=O)(=O)O)c1S(=O)(=O)O. The molecular weight excluding hydrogens is 328 g/mol. The van der Waals surface area contributed by atoms with Gasteiger partial charge < -0.3 is 0 Å². The van der Waals surface area contributed by atoms with Gasteiger partial charge in [0.15, 0.2) is 0 Å². The van der Waals surface area contributed by atoms with Crippen LogP contribution in [-0.2, 0) is 26.7 Å². The quantitative estimate of drug-likeness (QED) is 0.523. The molecule has 0 saturated carbocycles. The Morgan fingerprint density at radius 2 is 1.45 bits per heavy atom. The zero-order chi connectivity index (χ0) is 16.8. The van der Waals surface area contributed by atoms with Crippen LogP contribution >= 0.6 is 0 Å². The van der Waals surface area contributed by atoms with E-state index in [9.17, 15) is 21.4 Å². The third kappa shape index (κ3) is 5.68. The van der Waals surface area contributed by atoms with Gasteiger partial charge in [-0.05, 0) is 24.5 Å². The lowest BCUT2D eigenvalue weighted by atomic mass is 10.0. The highest BCUT2D eigenvalue weighted by Crippen LogP contribution is 2.26. The van der Waals surface area contributed by atoms with E-state index in [1.54, 1.807) is 0 Å². The van der Waals surface area contributed by atoms with Gasteiger partial charge >= 0.3 is 0 Å². The minimum absolute atomic E-state index is 0.202. The average molecular weight is 350 g/mol. The van der Waals surface area contributed by atoms with Crippen LogP contribution in [0, 0.1) is 0 Å². The van der Waals surface area contributed by atoms with Gasteiger partial charge in [-0.3, -0.25) is 9.11 Å². The molecule has 1 aromatic rings. The van der Waals surface area contributed by atoms with Crippen LogP contribution in [-0.4, -0.2) is 25.9 Å². The maximum absolute atomic E-state index is 11.5. The lowest BCUT2D eigenvalue weighted by Crippen LogP contribution is -2.11. The summed E-state index contributed by atoms with van der Waals surface area (Å²) in [5.74, 6) is 0. The molecule has 0 aromatic heterocycles. The molecule has 0 bridgehead atoms. The topological polar surface area (TPSA) is 109 Å². The Hall–Kier alpha value is -0.960. The third-order valence-corrected chi connectivity index (χ3v) is 5.42. The van der Waals surface area contributed by atoms with Gasteiger partial charge in [0.1, 0.15) is 9.79 Å². The first kappa shape index (κ1) is 19.1. The highest BCUT2D eigenvalue weighted by molar-refractivity contribution is 7.89. The van der Waals surface area contributed by atoms with Crippen molar-refractivity contribution < 1.29 is 25.9 Å². The predicted octanol–water partition coefficient (Wildman–Crippen LogP) is 3.08. The largest absolute Gasteiger partial charge is 0.296 e. The summed E-state index contributed by atoms with van der Waals surface area (Å²) in [6, 6.07) is 3.76. The first-order valence-electron chi connectivity index (χ1n) is 7.24. The fourth-order valence-electron chi connectivity index (χ4n) is 2.35. The maximum Gasteiger partial charge on any atom is 0.296 e. The van der Waals surface area contributed by atoms with Crippen molar-refractivity contribution in [2.75, 3.05) is 0 Å². The Morgan fingerprint density at radius 1 is 0.864 bits per heavy atom. The van der Waals surface area contributed by atoms with Crippen LogP contribution in [0.15, 0.2) is 28.0 Å². The van der Waals surface area contributed by atoms with Gasteiger partial charge in [-0.25, -0.2) is 0 Å². The fourth-order valence-corrected chi connectivity index (χ4v) is 4.42. The summed E-state index contributed by atoms with van der Waals surface area (Å²) in [7, 11) is -9.46. The van der Waals surface area contributed by atoms with Crippen molar-refractivity contribution in [2.45, 2.75) is 61.7 Å². The summed E-state index contributed by atoms with van der Waals surface area (Å²) in [6.45, 7) is 2.11. The van der Waals surface area contributed by atoms with E-state index in [0.717, 1.165) is 38.2 Å². The Balaban J connectivity index is 2.96. The molecule has 0 aliphatic carbocycles. The number of unbranched alkanes of at least 4 members (excludes halogenated alkanes) is 5. The molecule has 22 heavy (non-hydrogen) atoms. The van der Waals surface area contributed by atoms with Crippen LogP contribution in [0.2, 0.25) is 0 Å². The van der Waals surface area contributed by atoms with Crippen molar-refractivity contribution in [3.05, 3.63) is 23.8 Å². The summed E-state index contributed by atoms with van der Waals surface area (Å²) >= 11 is 0. The zero-order valence-corrected chi connectivity index (χ0v) is 14.2. The molecule has 0 amide bonds. The minimum atomic E-state index is -4.74. The standard InChI is InChI=1S/C14H22O6S2/c1-2-3-4-5-6-7-9-12-10-8-11-13(21(15,16)17)14(12)22(18,19)20/h8,10-11H,2-7,9H2,1H3,(H,15,16,17)(H,18,19,20). The summed E-state index contributed by atoms with van der Waals surface area (Å²) in [5, 5.41) is 0. The van der Waals surface area contributed by atoms with Crippen molar-refractivity contribution in [1.29, 1.82) is 0 Å². The average Bonchev–Trinajstić information content (AvgIpc) is 2.40. The summed E-state index contributed by atoms with van der Waals surface area (Å²) in [4.78, 5) is -1.50. The molecule has 0 unspecified atom stereocenters. The van der Waals surface area contributed by atoms with Crippen LogP contribution in [0.5, 0.6) is 0 Å². The molecule has 0 radical (unpaired) electrons. The molecule has 0 saturated heterocycles. The van der Waals surface area contributed by atoms with Gasteiger partial charge in [0.25, 0.3) is 20.2 Å². The molecule has 8 heteroatoms. The molecular formula is C14H22O6S2. The highest BCUT2D eigenvalue weighted by Gasteiger charge is 2.26. The maximum atomic E-state index is 11.5. The Kier molecular flexibility index (Phi) is 6.98. The van der Waals surface area contributed by atoms with E-state index in [1.807, 2.05) is 0 Å². The first-order valence-corrected chi connectivity index (χ1v) is 10.1. The van der Waals surface area contributed by atoms with Crippen molar-refractivity contribution >= 4 is 20.2 Å². The second kappa shape index (κ2) is 8.05. The summed E-state index contributed by atoms with van der Waals surface area (Å²) < 4.78 is 63.9. The van der Waals surface area contributed by atoms with E-state index in [1.165, 1.54) is 12.1 Å². The van der Waals surface area contributed by atoms with Gasteiger partial charge in [-0.15, -0.1) is 0 Å². The molecule has 1 aromatic carbocycles. The van der Waals surface area contributed by atoms with Crippen molar-refractivity contribution in [2.24, 2.45) is 0 Å². The Labute approximate surface area is 132 Å². The fraction of sp³-hybridized carbons (Fsp3) is 0.571. The van der Waals surface area contributed by atoms with Gasteiger partial charge in [0.05, 0.1) is 0 Å². The molecule has 0 atom stereocenters. The van der Waals surface area contributed by atoms with Crippen molar-refractivity contribution in [3.63, 3.8) is 0 Å². The number of rotatable bonds is 9. The van der Waals surface area contributed by atoms with E-state index in [-0.39, 0.29) is 5.56 Å². The number of aryl methyl sites for hydroxylation is 1. The van der Waals surface area contributed by atoms with E-state index in [0.29, 0.717) is 12.8 Å². The van der Waals surface area contributed by atoms with Crippen molar-refractivity contribution in [3.8, 4) is 0 Å². The zero-order valence-electron chi connectivity index (χ0n) is 12.5. The molecule has 0 heterocycles. The molecule has 0 aliphatic heterocycles. The van der Waals surface area contributed by atoms with E-state index in [4.69, 9.17) is 4.55 Å². The van der Waals surface area contributed by atoms with Crippen molar-refractivity contribution in [1.82, 2.24) is 0 Å². The number of benzene rings is 1. The first-order chi connectivity index (χ1) is 10.2. The molecule has 1 rings (SSSR count). The van der Waals surface area contributed by atoms with E-state index >= 15 is 0 Å². The predicted molar refractivity (Wildman–Crippen MR) is 83.2 cm³/mol. The third-order valence-electron chi connectivity index (χ3n) is 3.40. The summed E-state index contributed by atoms with van der Waals surface area (Å²) in [6.07, 6.45) is 6.30. The number of hydrogen-bond acceptors (Lipinski definition) is 4. The van der Waals surface area contributed by atoms with Gasteiger partial charge in [-0.2, -0.15) is 16.8 Å². The van der Waals surface area contributed by atoms with Gasteiger partial charge in [0.2, 0.25) is 0 Å². The monoisotopic (exact) mass is 350 g/mol. The van der Waals surface area contributed by atoms with Crippen LogP contribution in [0.4, 0.5) is 0 Å². The molecule has 0 aliphatic rings. The molecule has 126 valence electrons. The second-order valence-corrected chi connectivity index (χ2v) is 7.96. The van der Waals surface area contributed by atoms with Gasteiger partial charge in [-0.1, -0.05) is 51.2 Å². The highest BCUT2D eigenvalue weighted by atomic mass is 32.2. The van der Waals surface area contributed by atoms with Crippen LogP contribution in [0.25, 0.3) is 0 Å². The minimum Gasteiger partial charge on any atom is -0.282 e. The lowest BCUT2D eigenvalue weighted by molar-refractivity contribution is 0.464. The molecule has 0 fully saturated rings. The van der Waals surface area contributed by atoms with Gasteiger partial charge in [0, 0.05) is 0 Å². The van der Waals surface area contributed by atoms with Crippen LogP contribution in [0.3, 0.4) is 0 Å². The van der Waals surface area contributed by atoms with E-state index < -0.39 is 30.0 Å². The normalized spacial score (nSPS) is 12.5. The molecule has 2 N–H and O–H groups in total. The Morgan fingerprint density at radius 3 is 2.00 bits per heavy atom. The number of hydrogen-bond donors (Lipinski definition) is 2. The lowest BCUT2D eigenvalue weighted by Gasteiger charge is -2.10. The molecule has 0 spiro atoms. The van der Waals surface area contributed by atoms with E-state index in [2.05, 4.69) is 6.92 Å².